The van der Waals surface area contributed by atoms with Crippen LogP contribution in [0.4, 0.5) is 13.2 Å². The summed E-state index contributed by atoms with van der Waals surface area (Å²) in [4.78, 5) is 0. The van der Waals surface area contributed by atoms with Crippen LogP contribution in [-0.2, 0) is 16.2 Å². The lowest BCUT2D eigenvalue weighted by molar-refractivity contribution is -0.137. The van der Waals surface area contributed by atoms with E-state index in [9.17, 15) is 13.2 Å². The van der Waals surface area contributed by atoms with E-state index < -0.39 is 11.7 Å². The molecule has 0 saturated heterocycles. The minimum absolute atomic E-state index is 0.104. The maximum absolute atomic E-state index is 12.8. The monoisotopic (exact) mass is 350 g/mol. The van der Waals surface area contributed by atoms with E-state index in [2.05, 4.69) is 15.9 Å². The van der Waals surface area contributed by atoms with E-state index in [1.165, 1.54) is 18.9 Å². The molecule has 0 spiro atoms. The predicted molar refractivity (Wildman–Crippen MR) is 75.8 cm³/mol. The highest BCUT2D eigenvalue weighted by atomic mass is 79.9. The van der Waals surface area contributed by atoms with Gasteiger partial charge in [0.2, 0.25) is 0 Å². The van der Waals surface area contributed by atoms with E-state index >= 15 is 0 Å². The van der Waals surface area contributed by atoms with Crippen molar-refractivity contribution in [3.63, 3.8) is 0 Å². The van der Waals surface area contributed by atoms with Gasteiger partial charge in [-0.1, -0.05) is 34.8 Å². The molecule has 1 fully saturated rings. The second-order valence-electron chi connectivity index (χ2n) is 5.25. The van der Waals surface area contributed by atoms with Crippen LogP contribution in [0, 0.1) is 5.92 Å². The summed E-state index contributed by atoms with van der Waals surface area (Å²) in [7, 11) is 1.64. The standard InChI is InChI=1S/C15H18BrF3O/c1-20-14(10-4-2-3-5-10)13-7-6-12(15(17,18)19)8-11(13)9-16/h6-8,10,14H,2-5,9H2,1H3/t14-/m0/s1. The van der Waals surface area contributed by atoms with Gasteiger partial charge in [0.05, 0.1) is 11.7 Å². The van der Waals surface area contributed by atoms with Crippen LogP contribution in [0.1, 0.15) is 48.5 Å². The van der Waals surface area contributed by atoms with Crippen molar-refractivity contribution < 1.29 is 17.9 Å². The van der Waals surface area contributed by atoms with Gasteiger partial charge in [0, 0.05) is 12.4 Å². The first-order valence-corrected chi connectivity index (χ1v) is 7.88. The minimum atomic E-state index is -4.30. The first-order valence-electron chi connectivity index (χ1n) is 6.76. The van der Waals surface area contributed by atoms with Crippen LogP contribution in [0.5, 0.6) is 0 Å². The molecule has 0 aliphatic heterocycles. The van der Waals surface area contributed by atoms with Gasteiger partial charge in [-0.2, -0.15) is 13.2 Å². The van der Waals surface area contributed by atoms with Gasteiger partial charge < -0.3 is 4.74 Å². The lowest BCUT2D eigenvalue weighted by Gasteiger charge is -2.25. The number of hydrogen-bond acceptors (Lipinski definition) is 1. The molecule has 0 radical (unpaired) electrons. The molecule has 112 valence electrons. The fourth-order valence-electron chi connectivity index (χ4n) is 3.01. The van der Waals surface area contributed by atoms with Crippen molar-refractivity contribution in [3.8, 4) is 0 Å². The quantitative estimate of drug-likeness (QED) is 0.653. The molecule has 0 heterocycles. The van der Waals surface area contributed by atoms with Gasteiger partial charge in [-0.15, -0.1) is 0 Å². The zero-order chi connectivity index (χ0) is 14.8. The van der Waals surface area contributed by atoms with Gasteiger partial charge >= 0.3 is 6.18 Å². The van der Waals surface area contributed by atoms with Crippen LogP contribution in [-0.4, -0.2) is 7.11 Å². The van der Waals surface area contributed by atoms with Crippen molar-refractivity contribution in [1.29, 1.82) is 0 Å². The van der Waals surface area contributed by atoms with Gasteiger partial charge in [-0.25, -0.2) is 0 Å². The summed E-state index contributed by atoms with van der Waals surface area (Å²) in [6.45, 7) is 0. The fraction of sp³-hybridized carbons (Fsp3) is 0.600. The molecule has 2 rings (SSSR count). The SMILES string of the molecule is CO[C@H](c1ccc(C(F)(F)F)cc1CBr)C1CCCC1. The normalized spacial score (nSPS) is 18.4. The summed E-state index contributed by atoms with van der Waals surface area (Å²) in [5.74, 6) is 0.412. The molecule has 1 aliphatic carbocycles. The second-order valence-corrected chi connectivity index (χ2v) is 5.81. The second kappa shape index (κ2) is 6.48. The molecule has 0 bridgehead atoms. The Kier molecular flexibility index (Phi) is 5.13. The van der Waals surface area contributed by atoms with Crippen LogP contribution in [0.25, 0.3) is 0 Å². The molecule has 0 unspecified atom stereocenters. The zero-order valence-corrected chi connectivity index (χ0v) is 12.9. The molecule has 1 aromatic carbocycles. The van der Waals surface area contributed by atoms with Gasteiger partial charge in [0.15, 0.2) is 0 Å². The summed E-state index contributed by atoms with van der Waals surface area (Å²) in [6.07, 6.45) is 0.115. The molecule has 20 heavy (non-hydrogen) atoms. The Bertz CT molecular complexity index is 453. The van der Waals surface area contributed by atoms with Crippen molar-refractivity contribution in [2.24, 2.45) is 5.92 Å². The van der Waals surface area contributed by atoms with Crippen LogP contribution in [0.3, 0.4) is 0 Å². The molecule has 1 aromatic rings. The van der Waals surface area contributed by atoms with E-state index in [-0.39, 0.29) is 6.10 Å². The van der Waals surface area contributed by atoms with Crippen molar-refractivity contribution in [2.45, 2.75) is 43.3 Å². The number of ether oxygens (including phenoxy) is 1. The van der Waals surface area contributed by atoms with Gasteiger partial charge in [-0.3, -0.25) is 0 Å². The third kappa shape index (κ3) is 3.37. The average molecular weight is 351 g/mol. The van der Waals surface area contributed by atoms with Gasteiger partial charge in [0.1, 0.15) is 0 Å². The smallest absolute Gasteiger partial charge is 0.376 e. The van der Waals surface area contributed by atoms with E-state index in [0.717, 1.165) is 24.5 Å². The first kappa shape index (κ1) is 15.8. The molecule has 0 N–H and O–H groups in total. The number of methoxy groups -OCH3 is 1. The Balaban J connectivity index is 2.34. The molecule has 0 amide bonds. The lowest BCUT2D eigenvalue weighted by Crippen LogP contribution is -2.15. The van der Waals surface area contributed by atoms with Gasteiger partial charge in [0.25, 0.3) is 0 Å². The Morgan fingerprint density at radius 3 is 2.45 bits per heavy atom. The third-order valence-corrected chi connectivity index (χ3v) is 4.61. The minimum Gasteiger partial charge on any atom is -0.376 e. The predicted octanol–water partition coefficient (Wildman–Crippen LogP) is 5.48. The van der Waals surface area contributed by atoms with E-state index in [4.69, 9.17) is 4.74 Å². The number of rotatable bonds is 4. The largest absolute Gasteiger partial charge is 0.416 e. The maximum atomic E-state index is 12.8. The maximum Gasteiger partial charge on any atom is 0.416 e. The molecule has 0 aromatic heterocycles. The van der Waals surface area contributed by atoms with Crippen LogP contribution in [0.2, 0.25) is 0 Å². The van der Waals surface area contributed by atoms with Crippen LogP contribution < -0.4 is 0 Å². The van der Waals surface area contributed by atoms with Crippen molar-refractivity contribution >= 4 is 15.9 Å². The number of halogens is 4. The van der Waals surface area contributed by atoms with E-state index in [0.29, 0.717) is 16.8 Å². The third-order valence-electron chi connectivity index (χ3n) is 4.00. The fourth-order valence-corrected chi connectivity index (χ4v) is 3.49. The number of benzene rings is 1. The van der Waals surface area contributed by atoms with Crippen molar-refractivity contribution in [1.82, 2.24) is 0 Å². The Morgan fingerprint density at radius 1 is 1.30 bits per heavy atom. The Morgan fingerprint density at radius 2 is 1.95 bits per heavy atom. The molecular formula is C15H18BrF3O. The zero-order valence-electron chi connectivity index (χ0n) is 11.3. The van der Waals surface area contributed by atoms with Crippen molar-refractivity contribution in [2.75, 3.05) is 7.11 Å². The summed E-state index contributed by atoms with van der Waals surface area (Å²) >= 11 is 3.29. The highest BCUT2D eigenvalue weighted by Gasteiger charge is 2.33. The van der Waals surface area contributed by atoms with E-state index in [1.54, 1.807) is 13.2 Å². The van der Waals surface area contributed by atoms with Crippen molar-refractivity contribution in [3.05, 3.63) is 34.9 Å². The molecule has 5 heteroatoms. The van der Waals surface area contributed by atoms with Gasteiger partial charge in [-0.05, 0) is 42.0 Å². The molecule has 1 saturated carbocycles. The van der Waals surface area contributed by atoms with Crippen LogP contribution in [0.15, 0.2) is 18.2 Å². The first-order chi connectivity index (χ1) is 9.47. The summed E-state index contributed by atoms with van der Waals surface area (Å²) < 4.78 is 43.9. The molecular weight excluding hydrogens is 333 g/mol. The summed E-state index contributed by atoms with van der Waals surface area (Å²) in [5, 5.41) is 0.402. The number of alkyl halides is 4. The molecule has 1 atom stereocenters. The highest BCUT2D eigenvalue weighted by molar-refractivity contribution is 9.08. The topological polar surface area (TPSA) is 9.23 Å². The Labute approximate surface area is 125 Å². The summed E-state index contributed by atoms with van der Waals surface area (Å²) in [5.41, 5.74) is 0.944. The molecule has 1 nitrogen and oxygen atoms in total. The van der Waals surface area contributed by atoms with E-state index in [1.807, 2.05) is 0 Å². The lowest BCUT2D eigenvalue weighted by atomic mass is 9.90. The average Bonchev–Trinajstić information content (AvgIpc) is 2.92. The molecule has 1 aliphatic rings. The van der Waals surface area contributed by atoms with Crippen LogP contribution >= 0.6 is 15.9 Å². The summed E-state index contributed by atoms with van der Waals surface area (Å²) in [6, 6.07) is 3.96. The number of hydrogen-bond donors (Lipinski definition) is 0. The highest BCUT2D eigenvalue weighted by Crippen LogP contribution is 2.40. The Hall–Kier alpha value is -0.550.